The highest BCUT2D eigenvalue weighted by molar-refractivity contribution is 5.78. The van der Waals surface area contributed by atoms with Crippen LogP contribution in [0.4, 0.5) is 4.39 Å². The first-order valence-electron chi connectivity index (χ1n) is 5.75. The summed E-state index contributed by atoms with van der Waals surface area (Å²) in [6.45, 7) is 4.07. The number of hydrogen-bond acceptors (Lipinski definition) is 1. The Bertz CT molecular complexity index is 189. The molecule has 82 valence electrons. The van der Waals surface area contributed by atoms with Gasteiger partial charge in [-0.2, -0.15) is 0 Å². The lowest BCUT2D eigenvalue weighted by Gasteiger charge is -2.25. The van der Waals surface area contributed by atoms with Crippen molar-refractivity contribution in [2.45, 2.75) is 58.5 Å². The van der Waals surface area contributed by atoms with Gasteiger partial charge in [0.15, 0.2) is 0 Å². The van der Waals surface area contributed by atoms with Gasteiger partial charge in [-0.1, -0.05) is 26.7 Å². The minimum absolute atomic E-state index is 0.0231. The first kappa shape index (κ1) is 11.7. The van der Waals surface area contributed by atoms with Gasteiger partial charge < -0.3 is 0 Å². The van der Waals surface area contributed by atoms with E-state index in [0.29, 0.717) is 25.2 Å². The highest BCUT2D eigenvalue weighted by atomic mass is 19.1. The van der Waals surface area contributed by atoms with Gasteiger partial charge >= 0.3 is 0 Å². The molecule has 0 aliphatic heterocycles. The van der Waals surface area contributed by atoms with Gasteiger partial charge in [0.05, 0.1) is 0 Å². The molecule has 1 fully saturated rings. The highest BCUT2D eigenvalue weighted by Crippen LogP contribution is 2.30. The largest absolute Gasteiger partial charge is 0.300 e. The molecule has 1 aliphatic rings. The van der Waals surface area contributed by atoms with E-state index in [1.165, 1.54) is 0 Å². The maximum atomic E-state index is 13.4. The van der Waals surface area contributed by atoms with E-state index in [2.05, 4.69) is 0 Å². The Kier molecular flexibility index (Phi) is 4.56. The minimum atomic E-state index is -0.722. The summed E-state index contributed by atoms with van der Waals surface area (Å²) in [5, 5.41) is 0. The van der Waals surface area contributed by atoms with Crippen LogP contribution in [0, 0.1) is 11.8 Å². The molecule has 1 saturated carbocycles. The van der Waals surface area contributed by atoms with E-state index in [1.807, 2.05) is 13.8 Å². The van der Waals surface area contributed by atoms with Crippen molar-refractivity contribution in [3.63, 3.8) is 0 Å². The summed E-state index contributed by atoms with van der Waals surface area (Å²) < 4.78 is 13.4. The van der Waals surface area contributed by atoms with E-state index in [9.17, 15) is 9.18 Å². The van der Waals surface area contributed by atoms with E-state index in [4.69, 9.17) is 0 Å². The van der Waals surface area contributed by atoms with Crippen LogP contribution in [0.3, 0.4) is 0 Å². The smallest absolute Gasteiger partial charge is 0.133 e. The molecule has 0 spiro atoms. The van der Waals surface area contributed by atoms with Crippen LogP contribution in [0.1, 0.15) is 52.4 Å². The van der Waals surface area contributed by atoms with Crippen LogP contribution in [0.25, 0.3) is 0 Å². The summed E-state index contributed by atoms with van der Waals surface area (Å²) in [4.78, 5) is 11.5. The van der Waals surface area contributed by atoms with Gasteiger partial charge in [-0.15, -0.1) is 0 Å². The Morgan fingerprint density at radius 2 is 2.00 bits per heavy atom. The molecule has 0 saturated heterocycles. The number of carbonyl (C=O) groups is 1. The third-order valence-electron chi connectivity index (χ3n) is 2.94. The molecule has 0 bridgehead atoms. The van der Waals surface area contributed by atoms with Gasteiger partial charge in [0.25, 0.3) is 0 Å². The van der Waals surface area contributed by atoms with Gasteiger partial charge in [-0.05, 0) is 24.7 Å². The molecule has 0 N–H and O–H groups in total. The zero-order valence-corrected chi connectivity index (χ0v) is 9.26. The molecular formula is C12H21FO. The summed E-state index contributed by atoms with van der Waals surface area (Å²) in [5.74, 6) is 0.675. The van der Waals surface area contributed by atoms with Crippen LogP contribution >= 0.6 is 0 Å². The Labute approximate surface area is 86.1 Å². The summed E-state index contributed by atoms with van der Waals surface area (Å²) in [6.07, 6.45) is 4.03. The third-order valence-corrected chi connectivity index (χ3v) is 2.94. The number of rotatable bonds is 4. The van der Waals surface area contributed by atoms with Crippen molar-refractivity contribution < 1.29 is 9.18 Å². The molecule has 0 amide bonds. The Morgan fingerprint density at radius 3 is 2.57 bits per heavy atom. The zero-order valence-electron chi connectivity index (χ0n) is 9.26. The second-order valence-corrected chi connectivity index (χ2v) is 4.90. The van der Waals surface area contributed by atoms with E-state index in [-0.39, 0.29) is 11.7 Å². The fourth-order valence-electron chi connectivity index (χ4n) is 2.22. The van der Waals surface area contributed by atoms with E-state index >= 15 is 0 Å². The van der Waals surface area contributed by atoms with Crippen molar-refractivity contribution in [3.05, 3.63) is 0 Å². The molecule has 0 aromatic carbocycles. The zero-order chi connectivity index (χ0) is 10.6. The average molecular weight is 200 g/mol. The van der Waals surface area contributed by atoms with Crippen molar-refractivity contribution >= 4 is 5.78 Å². The van der Waals surface area contributed by atoms with Crippen molar-refractivity contribution in [1.82, 2.24) is 0 Å². The van der Waals surface area contributed by atoms with Gasteiger partial charge in [0.2, 0.25) is 0 Å². The molecule has 2 heteroatoms. The molecule has 0 radical (unpaired) electrons. The molecular weight excluding hydrogens is 179 g/mol. The average Bonchev–Trinajstić information content (AvgIpc) is 2.07. The normalized spacial score (nSPS) is 28.0. The van der Waals surface area contributed by atoms with E-state index < -0.39 is 6.17 Å². The fraction of sp³-hybridized carbons (Fsp3) is 0.917. The van der Waals surface area contributed by atoms with Crippen LogP contribution in [-0.4, -0.2) is 12.0 Å². The lowest BCUT2D eigenvalue weighted by Crippen LogP contribution is -2.23. The second-order valence-electron chi connectivity index (χ2n) is 4.90. The number of ketones is 1. The highest BCUT2D eigenvalue weighted by Gasteiger charge is 2.26. The molecule has 2 unspecified atom stereocenters. The summed E-state index contributed by atoms with van der Waals surface area (Å²) in [7, 11) is 0. The lowest BCUT2D eigenvalue weighted by atomic mass is 9.83. The number of alkyl halides is 1. The third kappa shape index (κ3) is 3.77. The van der Waals surface area contributed by atoms with Crippen molar-refractivity contribution in [3.8, 4) is 0 Å². The summed E-state index contributed by atoms with van der Waals surface area (Å²) in [6, 6.07) is 0. The first-order valence-corrected chi connectivity index (χ1v) is 5.75. The molecule has 1 rings (SSSR count). The van der Waals surface area contributed by atoms with Crippen LogP contribution < -0.4 is 0 Å². The second kappa shape index (κ2) is 5.47. The summed E-state index contributed by atoms with van der Waals surface area (Å²) in [5.41, 5.74) is 0. The van der Waals surface area contributed by atoms with Crippen LogP contribution in [0.15, 0.2) is 0 Å². The SMILES string of the molecule is CC(C)CC(=O)CC1CCCCC1F. The quantitative estimate of drug-likeness (QED) is 0.678. The van der Waals surface area contributed by atoms with Crippen molar-refractivity contribution in [1.29, 1.82) is 0 Å². The summed E-state index contributed by atoms with van der Waals surface area (Å²) >= 11 is 0. The van der Waals surface area contributed by atoms with Gasteiger partial charge in [0, 0.05) is 12.8 Å². The molecule has 1 aliphatic carbocycles. The molecule has 1 nitrogen and oxygen atoms in total. The predicted octanol–water partition coefficient (Wildman–Crippen LogP) is 3.52. The van der Waals surface area contributed by atoms with Crippen molar-refractivity contribution in [2.75, 3.05) is 0 Å². The molecule has 0 aromatic rings. The molecule has 0 heterocycles. The van der Waals surface area contributed by atoms with Gasteiger partial charge in [-0.25, -0.2) is 4.39 Å². The maximum Gasteiger partial charge on any atom is 0.133 e. The van der Waals surface area contributed by atoms with Crippen LogP contribution in [0.5, 0.6) is 0 Å². The number of hydrogen-bond donors (Lipinski definition) is 0. The first-order chi connectivity index (χ1) is 6.59. The Hall–Kier alpha value is -0.400. The monoisotopic (exact) mass is 200 g/mol. The Balaban J connectivity index is 2.31. The fourth-order valence-corrected chi connectivity index (χ4v) is 2.22. The van der Waals surface area contributed by atoms with E-state index in [1.54, 1.807) is 0 Å². The van der Waals surface area contributed by atoms with E-state index in [0.717, 1.165) is 19.3 Å². The number of Topliss-reactive ketones (excluding diaryl/α,β-unsaturated/α-hetero) is 1. The standard InChI is InChI=1S/C12H21FO/c1-9(2)7-11(14)8-10-5-3-4-6-12(10)13/h9-10,12H,3-8H2,1-2H3. The molecule has 14 heavy (non-hydrogen) atoms. The lowest BCUT2D eigenvalue weighted by molar-refractivity contribution is -0.121. The maximum absolute atomic E-state index is 13.4. The minimum Gasteiger partial charge on any atom is -0.300 e. The van der Waals surface area contributed by atoms with Crippen molar-refractivity contribution in [2.24, 2.45) is 11.8 Å². The van der Waals surface area contributed by atoms with Crippen LogP contribution in [0.2, 0.25) is 0 Å². The topological polar surface area (TPSA) is 17.1 Å². The predicted molar refractivity (Wildman–Crippen MR) is 55.9 cm³/mol. The Morgan fingerprint density at radius 1 is 1.36 bits per heavy atom. The molecule has 0 aromatic heterocycles. The van der Waals surface area contributed by atoms with Crippen LogP contribution in [-0.2, 0) is 4.79 Å². The molecule has 2 atom stereocenters. The number of halogens is 1. The van der Waals surface area contributed by atoms with Gasteiger partial charge in [0.1, 0.15) is 12.0 Å². The number of carbonyl (C=O) groups excluding carboxylic acids is 1. The van der Waals surface area contributed by atoms with Gasteiger partial charge in [-0.3, -0.25) is 4.79 Å².